The molecule has 3 aromatic heterocycles. The van der Waals surface area contributed by atoms with Gasteiger partial charge in [-0.25, -0.2) is 4.39 Å². The van der Waals surface area contributed by atoms with E-state index >= 15 is 4.39 Å². The molecule has 7 nitrogen and oxygen atoms in total. The van der Waals surface area contributed by atoms with E-state index in [9.17, 15) is 0 Å². The standard InChI is InChI=1S/C32H34ClFN6O/c1-19-11-32(8-3-9-40(32)15-19)18-41-31-37-29-24(30(38-31)39-16-20-6-7-21(10-20)17-39)14-36-28(27(29)34)23-13-35-12-22-4-2-5-25(33)26(22)23/h2,4-5,12-14,19-21H,3,6-11,15-18H2,1H3/t19-,20?,21?,32?/m0/s1. The van der Waals surface area contributed by atoms with Crippen molar-refractivity contribution in [1.29, 1.82) is 0 Å². The van der Waals surface area contributed by atoms with Crippen molar-refractivity contribution in [2.45, 2.75) is 51.0 Å². The third-order valence-corrected chi connectivity index (χ3v) is 10.3. The molecule has 0 spiro atoms. The summed E-state index contributed by atoms with van der Waals surface area (Å²) in [7, 11) is 0. The third kappa shape index (κ3) is 4.24. The fourth-order valence-electron chi connectivity index (χ4n) is 8.29. The number of hydrogen-bond acceptors (Lipinski definition) is 7. The van der Waals surface area contributed by atoms with Gasteiger partial charge < -0.3 is 9.64 Å². The highest BCUT2D eigenvalue weighted by Gasteiger charge is 2.48. The molecule has 4 atom stereocenters. The van der Waals surface area contributed by atoms with Crippen molar-refractivity contribution in [3.8, 4) is 17.3 Å². The van der Waals surface area contributed by atoms with Crippen LogP contribution < -0.4 is 9.64 Å². The monoisotopic (exact) mass is 572 g/mol. The van der Waals surface area contributed by atoms with E-state index in [-0.39, 0.29) is 22.8 Å². The Morgan fingerprint density at radius 2 is 1.95 bits per heavy atom. The number of hydrogen-bond donors (Lipinski definition) is 0. The molecule has 1 aliphatic carbocycles. The van der Waals surface area contributed by atoms with Gasteiger partial charge in [-0.1, -0.05) is 30.7 Å². The fraction of sp³-hybridized carbons (Fsp3) is 0.500. The number of halogens is 2. The molecule has 3 aliphatic heterocycles. The Balaban J connectivity index is 1.25. The number of aromatic nitrogens is 4. The van der Waals surface area contributed by atoms with Gasteiger partial charge >= 0.3 is 6.01 Å². The largest absolute Gasteiger partial charge is 0.461 e. The van der Waals surface area contributed by atoms with Gasteiger partial charge in [0.05, 0.1) is 10.9 Å². The molecule has 1 aromatic carbocycles. The molecule has 3 saturated heterocycles. The fourth-order valence-corrected chi connectivity index (χ4v) is 8.57. The van der Waals surface area contributed by atoms with Crippen LogP contribution in [0, 0.1) is 23.6 Å². The molecule has 4 aromatic rings. The molecule has 4 aliphatic rings. The summed E-state index contributed by atoms with van der Waals surface area (Å²) in [6, 6.07) is 5.84. The topological polar surface area (TPSA) is 67.3 Å². The Hall–Kier alpha value is -3.10. The highest BCUT2D eigenvalue weighted by molar-refractivity contribution is 6.36. The Bertz CT molecular complexity index is 1650. The van der Waals surface area contributed by atoms with Crippen molar-refractivity contribution < 1.29 is 9.13 Å². The zero-order valence-corrected chi connectivity index (χ0v) is 24.1. The van der Waals surface area contributed by atoms with E-state index in [1.807, 2.05) is 12.1 Å². The molecule has 1 saturated carbocycles. The summed E-state index contributed by atoms with van der Waals surface area (Å²) in [5, 5.41) is 2.71. The van der Waals surface area contributed by atoms with E-state index in [0.717, 1.165) is 55.6 Å². The van der Waals surface area contributed by atoms with Crippen LogP contribution in [0.15, 0.2) is 36.8 Å². The number of anilines is 1. The van der Waals surface area contributed by atoms with Gasteiger partial charge in [0, 0.05) is 59.6 Å². The third-order valence-electron chi connectivity index (χ3n) is 10.0. The molecule has 4 fully saturated rings. The van der Waals surface area contributed by atoms with E-state index < -0.39 is 5.82 Å². The molecule has 0 N–H and O–H groups in total. The molecule has 0 amide bonds. The molecule has 0 radical (unpaired) electrons. The van der Waals surface area contributed by atoms with Crippen LogP contribution in [0.1, 0.15) is 45.4 Å². The Kier molecular flexibility index (Phi) is 6.08. The van der Waals surface area contributed by atoms with Gasteiger partial charge in [-0.3, -0.25) is 14.9 Å². The Morgan fingerprint density at radius 3 is 2.80 bits per heavy atom. The lowest BCUT2D eigenvalue weighted by atomic mass is 9.92. The normalized spacial score (nSPS) is 27.7. The maximum Gasteiger partial charge on any atom is 0.319 e. The minimum absolute atomic E-state index is 0.0233. The SMILES string of the molecule is C[C@@H]1CN2CCCC2(COc2nc(N3CC4CCC(C4)C3)c3cnc(-c4cncc5cccc(Cl)c45)c(F)c3n2)C1. The lowest BCUT2D eigenvalue weighted by Gasteiger charge is -2.34. The molecule has 9 heteroatoms. The Morgan fingerprint density at radius 1 is 1.10 bits per heavy atom. The maximum absolute atomic E-state index is 16.6. The predicted octanol–water partition coefficient (Wildman–Crippen LogP) is 6.52. The molecule has 6 heterocycles. The first-order valence-electron chi connectivity index (χ1n) is 15.0. The number of nitrogens with zero attached hydrogens (tertiary/aromatic N) is 6. The maximum atomic E-state index is 16.6. The number of pyridine rings is 2. The van der Waals surface area contributed by atoms with E-state index in [0.29, 0.717) is 40.3 Å². The van der Waals surface area contributed by atoms with Crippen molar-refractivity contribution in [3.05, 3.63) is 47.6 Å². The zero-order valence-electron chi connectivity index (χ0n) is 23.3. The summed E-state index contributed by atoms with van der Waals surface area (Å²) >= 11 is 6.59. The van der Waals surface area contributed by atoms with E-state index in [4.69, 9.17) is 26.3 Å². The number of benzene rings is 1. The average Bonchev–Trinajstić information content (AvgIpc) is 3.62. The molecule has 8 rings (SSSR count). The lowest BCUT2D eigenvalue weighted by Crippen LogP contribution is -2.43. The molecule has 2 bridgehead atoms. The summed E-state index contributed by atoms with van der Waals surface area (Å²) in [5.41, 5.74) is 0.988. The summed E-state index contributed by atoms with van der Waals surface area (Å²) in [6.45, 7) is 6.89. The molecular formula is C32H34ClFN6O. The second-order valence-corrected chi connectivity index (χ2v) is 13.3. The first-order valence-corrected chi connectivity index (χ1v) is 15.4. The van der Waals surface area contributed by atoms with Crippen LogP contribution in [-0.2, 0) is 0 Å². The van der Waals surface area contributed by atoms with Crippen LogP contribution >= 0.6 is 11.6 Å². The summed E-state index contributed by atoms with van der Waals surface area (Å²) in [5.74, 6) is 2.17. The lowest BCUT2D eigenvalue weighted by molar-refractivity contribution is 0.107. The van der Waals surface area contributed by atoms with Crippen LogP contribution in [0.4, 0.5) is 10.2 Å². The van der Waals surface area contributed by atoms with Crippen molar-refractivity contribution in [1.82, 2.24) is 24.8 Å². The van der Waals surface area contributed by atoms with Gasteiger partial charge in [-0.05, 0) is 68.9 Å². The van der Waals surface area contributed by atoms with Crippen LogP contribution in [0.5, 0.6) is 6.01 Å². The van der Waals surface area contributed by atoms with Crippen molar-refractivity contribution in [2.75, 3.05) is 37.7 Å². The summed E-state index contributed by atoms with van der Waals surface area (Å²) < 4.78 is 23.0. The predicted molar refractivity (Wildman–Crippen MR) is 159 cm³/mol. The first-order chi connectivity index (χ1) is 20.0. The summed E-state index contributed by atoms with van der Waals surface area (Å²) in [6.07, 6.45) is 12.2. The highest BCUT2D eigenvalue weighted by Crippen LogP contribution is 2.43. The highest BCUT2D eigenvalue weighted by atomic mass is 35.5. The minimum atomic E-state index is -0.500. The van der Waals surface area contributed by atoms with Gasteiger partial charge in [0.25, 0.3) is 0 Å². The smallest absolute Gasteiger partial charge is 0.319 e. The van der Waals surface area contributed by atoms with Gasteiger partial charge in [0.15, 0.2) is 5.82 Å². The second kappa shape index (κ2) is 9.73. The zero-order chi connectivity index (χ0) is 27.7. The molecule has 212 valence electrons. The molecular weight excluding hydrogens is 539 g/mol. The average molecular weight is 573 g/mol. The van der Waals surface area contributed by atoms with Crippen LogP contribution in [0.2, 0.25) is 5.02 Å². The van der Waals surface area contributed by atoms with Gasteiger partial charge in [0.1, 0.15) is 23.6 Å². The quantitative estimate of drug-likeness (QED) is 0.270. The van der Waals surface area contributed by atoms with Crippen molar-refractivity contribution >= 4 is 39.1 Å². The Labute approximate surface area is 244 Å². The van der Waals surface area contributed by atoms with Gasteiger partial charge in [-0.2, -0.15) is 9.97 Å². The van der Waals surface area contributed by atoms with E-state index in [1.165, 1.54) is 25.7 Å². The van der Waals surface area contributed by atoms with E-state index in [2.05, 4.69) is 26.7 Å². The van der Waals surface area contributed by atoms with E-state index in [1.54, 1.807) is 24.7 Å². The minimum Gasteiger partial charge on any atom is -0.461 e. The number of ether oxygens (including phenoxy) is 1. The van der Waals surface area contributed by atoms with Crippen molar-refractivity contribution in [2.24, 2.45) is 17.8 Å². The van der Waals surface area contributed by atoms with Gasteiger partial charge in [-0.15, -0.1) is 0 Å². The van der Waals surface area contributed by atoms with Crippen molar-refractivity contribution in [3.63, 3.8) is 0 Å². The van der Waals surface area contributed by atoms with Crippen LogP contribution in [0.3, 0.4) is 0 Å². The number of piperidine rings is 1. The van der Waals surface area contributed by atoms with Crippen LogP contribution in [0.25, 0.3) is 32.9 Å². The van der Waals surface area contributed by atoms with Gasteiger partial charge in [0.2, 0.25) is 0 Å². The molecule has 41 heavy (non-hydrogen) atoms. The van der Waals surface area contributed by atoms with Crippen LogP contribution in [-0.4, -0.2) is 63.2 Å². The summed E-state index contributed by atoms with van der Waals surface area (Å²) in [4.78, 5) is 23.6. The molecule has 3 unspecified atom stereocenters. The number of rotatable bonds is 5. The second-order valence-electron chi connectivity index (χ2n) is 12.9. The first kappa shape index (κ1) is 25.6. The number of fused-ring (bicyclic) bond motifs is 5.